The molecule has 1 fully saturated rings. The predicted octanol–water partition coefficient (Wildman–Crippen LogP) is 2.18. The molecule has 0 N–H and O–H groups in total. The van der Waals surface area contributed by atoms with Crippen molar-refractivity contribution in [1.29, 1.82) is 0 Å². The van der Waals surface area contributed by atoms with E-state index in [1.54, 1.807) is 0 Å². The fraction of sp³-hybridized carbons (Fsp3) is 1.00. The van der Waals surface area contributed by atoms with Gasteiger partial charge in [0, 0.05) is 5.54 Å². The van der Waals surface area contributed by atoms with Gasteiger partial charge >= 0.3 is 10.3 Å². The Bertz CT molecular complexity index is 405. The molecule has 0 aromatic rings. The first-order valence-corrected chi connectivity index (χ1v) is 8.03. The Hall–Kier alpha value is -0.170. The zero-order valence-corrected chi connectivity index (χ0v) is 13.9. The summed E-state index contributed by atoms with van der Waals surface area (Å²) in [4.78, 5) is 0. The third-order valence-corrected chi connectivity index (χ3v) is 5.16. The number of rotatable bonds is 3. The van der Waals surface area contributed by atoms with Gasteiger partial charge in [-0.3, -0.25) is 4.18 Å². The Morgan fingerprint density at radius 3 is 2.21 bits per heavy atom. The fourth-order valence-electron chi connectivity index (χ4n) is 1.98. The summed E-state index contributed by atoms with van der Waals surface area (Å²) in [7, 11) is -3.62. The Morgan fingerprint density at radius 2 is 1.79 bits per heavy atom. The zero-order valence-electron chi connectivity index (χ0n) is 13.1. The first-order valence-electron chi connectivity index (χ1n) is 6.66. The average Bonchev–Trinajstić information content (AvgIpc) is 2.47. The summed E-state index contributed by atoms with van der Waals surface area (Å²) in [5.41, 5.74) is -0.473. The molecule has 2 unspecified atom stereocenters. The second kappa shape index (κ2) is 5.31. The van der Waals surface area contributed by atoms with Gasteiger partial charge in [-0.1, -0.05) is 20.8 Å². The molecule has 0 aromatic carbocycles. The van der Waals surface area contributed by atoms with E-state index in [2.05, 4.69) is 20.8 Å². The molecule has 0 saturated carbocycles. The van der Waals surface area contributed by atoms with E-state index in [4.69, 9.17) is 8.92 Å². The molecule has 1 saturated heterocycles. The van der Waals surface area contributed by atoms with E-state index in [0.29, 0.717) is 6.61 Å². The molecule has 5 nitrogen and oxygen atoms in total. The molecule has 0 amide bonds. The highest BCUT2D eigenvalue weighted by Crippen LogP contribution is 2.29. The first-order chi connectivity index (χ1) is 8.36. The maximum absolute atomic E-state index is 11.9. The second-order valence-electron chi connectivity index (χ2n) is 7.20. The van der Waals surface area contributed by atoms with Crippen molar-refractivity contribution < 1.29 is 17.3 Å². The van der Waals surface area contributed by atoms with Crippen molar-refractivity contribution in [2.45, 2.75) is 66.2 Å². The molecule has 0 radical (unpaired) electrons. The average molecular weight is 293 g/mol. The molecule has 2 atom stereocenters. The van der Waals surface area contributed by atoms with Crippen LogP contribution in [-0.4, -0.2) is 43.6 Å². The van der Waals surface area contributed by atoms with Crippen LogP contribution < -0.4 is 0 Å². The summed E-state index contributed by atoms with van der Waals surface area (Å²) in [5, 5.41) is 0. The highest BCUT2D eigenvalue weighted by atomic mass is 32.2. The van der Waals surface area contributed by atoms with Gasteiger partial charge in [-0.25, -0.2) is 0 Å². The lowest BCUT2D eigenvalue weighted by atomic mass is 9.90. The van der Waals surface area contributed by atoms with Crippen LogP contribution in [0, 0.1) is 5.41 Å². The van der Waals surface area contributed by atoms with Crippen molar-refractivity contribution in [2.24, 2.45) is 5.41 Å². The van der Waals surface area contributed by atoms with Gasteiger partial charge in [-0.05, 0) is 33.1 Å². The Balaban J connectivity index is 2.74. The number of hydrogen-bond acceptors (Lipinski definition) is 4. The van der Waals surface area contributed by atoms with Crippen molar-refractivity contribution >= 4 is 10.3 Å². The van der Waals surface area contributed by atoms with Gasteiger partial charge in [0.05, 0.1) is 25.4 Å². The van der Waals surface area contributed by atoms with E-state index in [1.807, 2.05) is 27.7 Å². The van der Waals surface area contributed by atoms with E-state index < -0.39 is 15.8 Å². The fourth-order valence-corrected chi connectivity index (χ4v) is 3.58. The maximum atomic E-state index is 11.9. The van der Waals surface area contributed by atoms with Gasteiger partial charge in [0.2, 0.25) is 0 Å². The Kier molecular flexibility index (Phi) is 4.72. The van der Waals surface area contributed by atoms with Gasteiger partial charge < -0.3 is 4.74 Å². The number of hydrogen-bond donors (Lipinski definition) is 0. The summed E-state index contributed by atoms with van der Waals surface area (Å²) >= 11 is 0. The third-order valence-electron chi connectivity index (χ3n) is 3.40. The normalized spacial score (nSPS) is 26.6. The lowest BCUT2D eigenvalue weighted by molar-refractivity contribution is -0.0292. The minimum absolute atomic E-state index is 0.0326. The zero-order chi connectivity index (χ0) is 15.1. The molecule has 0 aromatic heterocycles. The highest BCUT2D eigenvalue weighted by Gasteiger charge is 2.45. The van der Waals surface area contributed by atoms with Crippen LogP contribution in [0.2, 0.25) is 0 Å². The lowest BCUT2D eigenvalue weighted by Crippen LogP contribution is -2.49. The maximum Gasteiger partial charge on any atom is 0.339 e. The van der Waals surface area contributed by atoms with Crippen molar-refractivity contribution in [3.05, 3.63) is 0 Å². The first kappa shape index (κ1) is 16.9. The molecule has 1 heterocycles. The Morgan fingerprint density at radius 1 is 1.26 bits per heavy atom. The largest absolute Gasteiger partial charge is 0.376 e. The van der Waals surface area contributed by atoms with Gasteiger partial charge in [0.1, 0.15) is 0 Å². The molecule has 1 rings (SSSR count). The molecule has 0 bridgehead atoms. The van der Waals surface area contributed by atoms with E-state index in [0.717, 1.165) is 0 Å². The molecule has 114 valence electrons. The minimum atomic E-state index is -3.62. The molecule has 6 heteroatoms. The van der Waals surface area contributed by atoms with E-state index >= 15 is 0 Å². The number of nitrogens with zero attached hydrogens (tertiary/aromatic N) is 1. The van der Waals surface area contributed by atoms with Crippen LogP contribution in [0.4, 0.5) is 0 Å². The smallest absolute Gasteiger partial charge is 0.339 e. The monoisotopic (exact) mass is 293 g/mol. The Labute approximate surface area is 117 Å². The minimum Gasteiger partial charge on any atom is -0.376 e. The molecule has 19 heavy (non-hydrogen) atoms. The van der Waals surface area contributed by atoms with Crippen LogP contribution >= 0.6 is 0 Å². The van der Waals surface area contributed by atoms with Gasteiger partial charge in [0.15, 0.2) is 0 Å². The predicted molar refractivity (Wildman–Crippen MR) is 75.1 cm³/mol. The number of ether oxygens (including phenoxy) is 1. The lowest BCUT2D eigenvalue weighted by Gasteiger charge is -2.34. The van der Waals surface area contributed by atoms with Gasteiger partial charge in [0.25, 0.3) is 0 Å². The summed E-state index contributed by atoms with van der Waals surface area (Å²) in [6, 6.07) is -0.255. The molecule has 0 spiro atoms. The topological polar surface area (TPSA) is 55.8 Å². The van der Waals surface area contributed by atoms with Crippen molar-refractivity contribution in [3.8, 4) is 0 Å². The summed E-state index contributed by atoms with van der Waals surface area (Å²) in [5.74, 6) is 0. The van der Waals surface area contributed by atoms with Crippen LogP contribution in [-0.2, 0) is 19.2 Å². The molecule has 1 aliphatic rings. The van der Waals surface area contributed by atoms with Crippen molar-refractivity contribution in [2.75, 3.05) is 13.2 Å². The quantitative estimate of drug-likeness (QED) is 0.800. The van der Waals surface area contributed by atoms with Crippen LogP contribution in [0.3, 0.4) is 0 Å². The van der Waals surface area contributed by atoms with Crippen molar-refractivity contribution in [3.63, 3.8) is 0 Å². The van der Waals surface area contributed by atoms with Crippen LogP contribution in [0.15, 0.2) is 0 Å². The summed E-state index contributed by atoms with van der Waals surface area (Å²) in [6.07, 6.45) is 0.0534. The van der Waals surface area contributed by atoms with Crippen LogP contribution in [0.1, 0.15) is 48.5 Å². The second-order valence-corrected chi connectivity index (χ2v) is 8.69. The summed E-state index contributed by atoms with van der Waals surface area (Å²) in [6.45, 7) is 14.4. The molecule has 0 aliphatic carbocycles. The molecule has 1 aliphatic heterocycles. The van der Waals surface area contributed by atoms with Gasteiger partial charge in [-0.2, -0.15) is 12.7 Å². The summed E-state index contributed by atoms with van der Waals surface area (Å²) < 4.78 is 36.0. The van der Waals surface area contributed by atoms with E-state index in [9.17, 15) is 8.42 Å². The van der Waals surface area contributed by atoms with E-state index in [1.165, 1.54) is 4.31 Å². The van der Waals surface area contributed by atoms with Crippen molar-refractivity contribution in [1.82, 2.24) is 4.31 Å². The standard InChI is InChI=1S/C13H27NO4S/c1-10(12(2,3)4)17-8-11-9-18-19(15,16)14(11)13(5,6)7/h10-11H,8-9H2,1-7H3. The molecular weight excluding hydrogens is 266 g/mol. The molecular formula is C13H27NO4S. The highest BCUT2D eigenvalue weighted by molar-refractivity contribution is 7.84. The van der Waals surface area contributed by atoms with E-state index in [-0.39, 0.29) is 24.2 Å². The SMILES string of the molecule is CC(OCC1COS(=O)(=O)N1C(C)(C)C)C(C)(C)C. The van der Waals surface area contributed by atoms with Crippen LogP contribution in [0.5, 0.6) is 0 Å². The third kappa shape index (κ3) is 4.15. The van der Waals surface area contributed by atoms with Gasteiger partial charge in [-0.15, -0.1) is 0 Å². The van der Waals surface area contributed by atoms with Crippen LogP contribution in [0.25, 0.3) is 0 Å².